The maximum atomic E-state index is 11.6. The van der Waals surface area contributed by atoms with Gasteiger partial charge in [-0.05, 0) is 23.3 Å². The summed E-state index contributed by atoms with van der Waals surface area (Å²) in [6, 6.07) is 9.52. The van der Waals surface area contributed by atoms with Crippen LogP contribution in [-0.4, -0.2) is 24.6 Å². The summed E-state index contributed by atoms with van der Waals surface area (Å²) in [4.78, 5) is 22.8. The van der Waals surface area contributed by atoms with Gasteiger partial charge in [0.15, 0.2) is 0 Å². The van der Waals surface area contributed by atoms with Crippen molar-refractivity contribution in [2.45, 2.75) is 12.0 Å². The quantitative estimate of drug-likeness (QED) is 0.663. The van der Waals surface area contributed by atoms with E-state index in [1.807, 2.05) is 42.5 Å². The zero-order chi connectivity index (χ0) is 15.6. The van der Waals surface area contributed by atoms with Crippen molar-refractivity contribution in [1.29, 1.82) is 0 Å². The molecular weight excluding hydrogens is 280 g/mol. The Hall–Kier alpha value is -2.66. The fraction of sp³-hybridized carbons (Fsp3) is 0.176. The molecule has 1 unspecified atom stereocenters. The molecule has 1 aliphatic carbocycles. The fourth-order valence-corrected chi connectivity index (χ4v) is 2.53. The Morgan fingerprint density at radius 2 is 1.95 bits per heavy atom. The average Bonchev–Trinajstić information content (AvgIpc) is 2.86. The van der Waals surface area contributed by atoms with E-state index in [0.717, 1.165) is 11.1 Å². The molecule has 1 saturated heterocycles. The van der Waals surface area contributed by atoms with Crippen LogP contribution in [0.25, 0.3) is 5.57 Å². The third-order valence-electron chi connectivity index (χ3n) is 3.78. The molecule has 1 aromatic carbocycles. The number of carbonyl (C=O) groups is 2. The topological polar surface area (TPSA) is 67.4 Å². The van der Waals surface area contributed by atoms with E-state index in [1.165, 1.54) is 0 Å². The Morgan fingerprint density at radius 3 is 2.50 bits per heavy atom. The van der Waals surface area contributed by atoms with Gasteiger partial charge in [0.25, 0.3) is 5.91 Å². The van der Waals surface area contributed by atoms with Gasteiger partial charge in [0.1, 0.15) is 11.3 Å². The molecule has 3 amide bonds. The Morgan fingerprint density at radius 1 is 1.18 bits per heavy atom. The second-order valence-corrected chi connectivity index (χ2v) is 5.19. The van der Waals surface area contributed by atoms with Crippen LogP contribution in [0.4, 0.5) is 4.79 Å². The summed E-state index contributed by atoms with van der Waals surface area (Å²) in [5, 5.41) is 4.66. The lowest BCUT2D eigenvalue weighted by Crippen LogP contribution is -2.29. The largest absolute Gasteiger partial charge is 0.370 e. The molecule has 1 heterocycles. The molecule has 2 N–H and O–H groups in total. The number of hydrogen-bond acceptors (Lipinski definition) is 3. The Kier molecular flexibility index (Phi) is 3.65. The van der Waals surface area contributed by atoms with Crippen molar-refractivity contribution in [2.24, 2.45) is 0 Å². The molecular formula is C17H16N2O3. The van der Waals surface area contributed by atoms with E-state index in [9.17, 15) is 9.59 Å². The zero-order valence-corrected chi connectivity index (χ0v) is 12.1. The molecule has 0 saturated carbocycles. The molecule has 1 fully saturated rings. The Labute approximate surface area is 128 Å². The summed E-state index contributed by atoms with van der Waals surface area (Å²) in [5.41, 5.74) is 1.71. The molecule has 3 rings (SSSR count). The third kappa shape index (κ3) is 2.71. The van der Waals surface area contributed by atoms with Crippen LogP contribution in [0.1, 0.15) is 12.0 Å². The van der Waals surface area contributed by atoms with Gasteiger partial charge in [-0.1, -0.05) is 42.5 Å². The maximum Gasteiger partial charge on any atom is 0.326 e. The third-order valence-corrected chi connectivity index (χ3v) is 3.78. The molecule has 0 radical (unpaired) electrons. The summed E-state index contributed by atoms with van der Waals surface area (Å²) in [7, 11) is 1.58. The monoisotopic (exact) mass is 296 g/mol. The molecule has 1 aliphatic heterocycles. The highest BCUT2D eigenvalue weighted by Gasteiger charge is 2.31. The van der Waals surface area contributed by atoms with Gasteiger partial charge >= 0.3 is 6.03 Å². The number of nitrogens with one attached hydrogen (secondary N) is 2. The van der Waals surface area contributed by atoms with Gasteiger partial charge in [-0.15, -0.1) is 0 Å². The van der Waals surface area contributed by atoms with Crippen LogP contribution in [0.2, 0.25) is 0 Å². The minimum atomic E-state index is -0.734. The van der Waals surface area contributed by atoms with E-state index in [4.69, 9.17) is 4.74 Å². The molecule has 22 heavy (non-hydrogen) atoms. The van der Waals surface area contributed by atoms with E-state index in [1.54, 1.807) is 13.2 Å². The van der Waals surface area contributed by atoms with Crippen LogP contribution in [0, 0.1) is 0 Å². The highest BCUT2D eigenvalue weighted by atomic mass is 16.5. The molecule has 0 bridgehead atoms. The summed E-state index contributed by atoms with van der Waals surface area (Å²) < 4.78 is 5.57. The second kappa shape index (κ2) is 5.61. The number of ether oxygens (including phenoxy) is 1. The molecule has 0 aromatic heterocycles. The lowest BCUT2D eigenvalue weighted by atomic mass is 9.88. The van der Waals surface area contributed by atoms with E-state index >= 15 is 0 Å². The van der Waals surface area contributed by atoms with Gasteiger partial charge in [-0.3, -0.25) is 10.1 Å². The summed E-state index contributed by atoms with van der Waals surface area (Å²) in [6.45, 7) is 0. The van der Waals surface area contributed by atoms with Gasteiger partial charge in [0.05, 0.1) is 0 Å². The van der Waals surface area contributed by atoms with Crippen LogP contribution in [0.15, 0.2) is 60.3 Å². The number of rotatable bonds is 3. The van der Waals surface area contributed by atoms with Gasteiger partial charge in [0, 0.05) is 13.5 Å². The van der Waals surface area contributed by atoms with Gasteiger partial charge in [0.2, 0.25) is 0 Å². The van der Waals surface area contributed by atoms with Crippen LogP contribution in [0.3, 0.4) is 0 Å². The first kappa shape index (κ1) is 14.3. The van der Waals surface area contributed by atoms with Crippen molar-refractivity contribution < 1.29 is 14.3 Å². The molecule has 5 heteroatoms. The van der Waals surface area contributed by atoms with E-state index in [-0.39, 0.29) is 5.70 Å². The highest BCUT2D eigenvalue weighted by Crippen LogP contribution is 2.31. The zero-order valence-electron chi connectivity index (χ0n) is 12.1. The standard InChI is InChI=1S/C17H16N2O3/c1-22-17(11-14-15(20)19-16(21)18-14)9-7-13(8-10-17)12-5-3-2-4-6-12/h2-9,11H,10H2,1H3,(H2,18,19,20,21)/b14-11-. The van der Waals surface area contributed by atoms with Crippen molar-refractivity contribution in [1.82, 2.24) is 10.6 Å². The molecule has 2 aliphatic rings. The van der Waals surface area contributed by atoms with Crippen molar-refractivity contribution >= 4 is 17.5 Å². The first-order valence-corrected chi connectivity index (χ1v) is 6.97. The summed E-state index contributed by atoms with van der Waals surface area (Å²) in [6.07, 6.45) is 8.15. The maximum absolute atomic E-state index is 11.6. The van der Waals surface area contributed by atoms with E-state index in [2.05, 4.69) is 16.7 Å². The number of benzene rings is 1. The number of imide groups is 1. The second-order valence-electron chi connectivity index (χ2n) is 5.19. The SMILES string of the molecule is COC1(/C=C2\NC(=O)NC2=O)C=CC(c2ccccc2)=CC1. The Balaban J connectivity index is 1.85. The number of urea groups is 1. The number of allylic oxidation sites excluding steroid dienone is 2. The lowest BCUT2D eigenvalue weighted by Gasteiger charge is -2.28. The van der Waals surface area contributed by atoms with Crippen molar-refractivity contribution in [3.63, 3.8) is 0 Å². The van der Waals surface area contributed by atoms with Crippen LogP contribution in [0.5, 0.6) is 0 Å². The predicted molar refractivity (Wildman–Crippen MR) is 82.7 cm³/mol. The highest BCUT2D eigenvalue weighted by molar-refractivity contribution is 6.11. The number of carbonyl (C=O) groups excluding carboxylic acids is 2. The van der Waals surface area contributed by atoms with Gasteiger partial charge in [-0.25, -0.2) is 4.79 Å². The number of amides is 3. The molecule has 1 atom stereocenters. The molecule has 0 spiro atoms. The van der Waals surface area contributed by atoms with Gasteiger partial charge < -0.3 is 10.1 Å². The fourth-order valence-electron chi connectivity index (χ4n) is 2.53. The normalized spacial score (nSPS) is 25.9. The minimum Gasteiger partial charge on any atom is -0.370 e. The van der Waals surface area contributed by atoms with Crippen molar-refractivity contribution in [2.75, 3.05) is 7.11 Å². The molecule has 112 valence electrons. The lowest BCUT2D eigenvalue weighted by molar-refractivity contribution is -0.115. The molecule has 1 aromatic rings. The number of methoxy groups -OCH3 is 1. The molecule has 5 nitrogen and oxygen atoms in total. The summed E-state index contributed by atoms with van der Waals surface area (Å²) in [5.74, 6) is -0.437. The first-order chi connectivity index (χ1) is 10.6. The smallest absolute Gasteiger partial charge is 0.326 e. The van der Waals surface area contributed by atoms with Crippen molar-refractivity contribution in [3.05, 3.63) is 65.9 Å². The van der Waals surface area contributed by atoms with Crippen molar-refractivity contribution in [3.8, 4) is 0 Å². The van der Waals surface area contributed by atoms with Crippen LogP contribution < -0.4 is 10.6 Å². The Bertz CT molecular complexity index is 704. The first-order valence-electron chi connectivity index (χ1n) is 6.97. The minimum absolute atomic E-state index is 0.216. The average molecular weight is 296 g/mol. The number of hydrogen-bond donors (Lipinski definition) is 2. The predicted octanol–water partition coefficient (Wildman–Crippen LogP) is 2.14. The van der Waals surface area contributed by atoms with Crippen LogP contribution in [-0.2, 0) is 9.53 Å². The van der Waals surface area contributed by atoms with E-state index < -0.39 is 17.5 Å². The van der Waals surface area contributed by atoms with Crippen LogP contribution >= 0.6 is 0 Å². The summed E-state index contributed by atoms with van der Waals surface area (Å²) >= 11 is 0. The van der Waals surface area contributed by atoms with Gasteiger partial charge in [-0.2, -0.15) is 0 Å². The van der Waals surface area contributed by atoms with E-state index in [0.29, 0.717) is 6.42 Å².